The highest BCUT2D eigenvalue weighted by Crippen LogP contribution is 2.32. The van der Waals surface area contributed by atoms with Crippen molar-refractivity contribution in [2.24, 2.45) is 5.41 Å². The molecule has 0 saturated carbocycles. The predicted molar refractivity (Wildman–Crippen MR) is 87.4 cm³/mol. The van der Waals surface area contributed by atoms with Crippen LogP contribution < -0.4 is 19.5 Å². The lowest BCUT2D eigenvalue weighted by atomic mass is 9.83. The van der Waals surface area contributed by atoms with Gasteiger partial charge in [-0.3, -0.25) is 0 Å². The summed E-state index contributed by atoms with van der Waals surface area (Å²) in [6.07, 6.45) is 2.88. The summed E-state index contributed by atoms with van der Waals surface area (Å²) in [7, 11) is -3.56. The Morgan fingerprint density at radius 1 is 1.22 bits per heavy atom. The topological polar surface area (TPSA) is 76.7 Å². The standard InChI is InChI=1S/C16H24N2O4S/c1-16(6-2-7-17-11-16)12-18-23(19,20)13-4-5-14-15(10-13)22-9-3-8-21-14/h4-5,10,17-18H,2-3,6-9,11-12H2,1H3. The molecule has 1 atom stereocenters. The third-order valence-corrected chi connectivity index (χ3v) is 5.80. The van der Waals surface area contributed by atoms with Gasteiger partial charge < -0.3 is 14.8 Å². The number of fused-ring (bicyclic) bond motifs is 1. The van der Waals surface area contributed by atoms with Crippen LogP contribution in [0, 0.1) is 5.41 Å². The van der Waals surface area contributed by atoms with Crippen LogP contribution >= 0.6 is 0 Å². The SMILES string of the molecule is CC1(CNS(=O)(=O)c2ccc3c(c2)OCCCO3)CCCNC1. The molecule has 1 aromatic rings. The second-order valence-corrected chi connectivity index (χ2v) is 8.34. The van der Waals surface area contributed by atoms with Crippen molar-refractivity contribution in [2.45, 2.75) is 31.1 Å². The van der Waals surface area contributed by atoms with Crippen LogP contribution in [0.15, 0.2) is 23.1 Å². The molecule has 1 unspecified atom stereocenters. The minimum absolute atomic E-state index is 0.0450. The summed E-state index contributed by atoms with van der Waals surface area (Å²) in [5.41, 5.74) is -0.0450. The van der Waals surface area contributed by atoms with Crippen molar-refractivity contribution in [1.82, 2.24) is 10.0 Å². The number of benzene rings is 1. The highest BCUT2D eigenvalue weighted by molar-refractivity contribution is 7.89. The summed E-state index contributed by atoms with van der Waals surface area (Å²) in [4.78, 5) is 0.217. The fourth-order valence-corrected chi connectivity index (χ4v) is 4.15. The first kappa shape index (κ1) is 16.5. The monoisotopic (exact) mass is 340 g/mol. The molecule has 1 aromatic carbocycles. The van der Waals surface area contributed by atoms with Crippen LogP contribution in [0.25, 0.3) is 0 Å². The van der Waals surface area contributed by atoms with E-state index >= 15 is 0 Å². The van der Waals surface area contributed by atoms with Gasteiger partial charge in [0.15, 0.2) is 11.5 Å². The van der Waals surface area contributed by atoms with Gasteiger partial charge in [-0.15, -0.1) is 0 Å². The average Bonchev–Trinajstić information content (AvgIpc) is 2.78. The van der Waals surface area contributed by atoms with E-state index in [4.69, 9.17) is 9.47 Å². The Morgan fingerprint density at radius 3 is 2.74 bits per heavy atom. The van der Waals surface area contributed by atoms with E-state index in [1.807, 2.05) is 0 Å². The fourth-order valence-electron chi connectivity index (χ4n) is 2.93. The van der Waals surface area contributed by atoms with Gasteiger partial charge >= 0.3 is 0 Å². The number of sulfonamides is 1. The summed E-state index contributed by atoms with van der Waals surface area (Å²) < 4.78 is 39.0. The minimum Gasteiger partial charge on any atom is -0.490 e. The first-order valence-corrected chi connectivity index (χ1v) is 9.57. The molecule has 0 bridgehead atoms. The zero-order chi connectivity index (χ0) is 16.3. The summed E-state index contributed by atoms with van der Waals surface area (Å²) in [6, 6.07) is 4.78. The molecule has 2 aliphatic heterocycles. The van der Waals surface area contributed by atoms with Crippen LogP contribution in [-0.4, -0.2) is 41.3 Å². The van der Waals surface area contributed by atoms with Crippen molar-refractivity contribution in [3.05, 3.63) is 18.2 Å². The van der Waals surface area contributed by atoms with Gasteiger partial charge in [0.2, 0.25) is 10.0 Å². The molecule has 2 aliphatic rings. The van der Waals surface area contributed by atoms with Gasteiger partial charge in [0.25, 0.3) is 0 Å². The Hall–Kier alpha value is -1.31. The van der Waals surface area contributed by atoms with Crippen LogP contribution in [0.2, 0.25) is 0 Å². The van der Waals surface area contributed by atoms with E-state index in [0.29, 0.717) is 31.3 Å². The lowest BCUT2D eigenvalue weighted by Crippen LogP contribution is -2.45. The van der Waals surface area contributed by atoms with E-state index in [2.05, 4.69) is 17.0 Å². The minimum atomic E-state index is -3.56. The molecule has 128 valence electrons. The Morgan fingerprint density at radius 2 is 2.00 bits per heavy atom. The second-order valence-electron chi connectivity index (χ2n) is 6.57. The average molecular weight is 340 g/mol. The van der Waals surface area contributed by atoms with Gasteiger partial charge in [-0.05, 0) is 36.9 Å². The molecule has 0 aromatic heterocycles. The zero-order valence-electron chi connectivity index (χ0n) is 13.4. The van der Waals surface area contributed by atoms with E-state index in [-0.39, 0.29) is 10.3 Å². The van der Waals surface area contributed by atoms with E-state index in [1.54, 1.807) is 18.2 Å². The lowest BCUT2D eigenvalue weighted by molar-refractivity contribution is 0.238. The van der Waals surface area contributed by atoms with Gasteiger partial charge in [0, 0.05) is 25.6 Å². The van der Waals surface area contributed by atoms with E-state index < -0.39 is 10.0 Å². The predicted octanol–water partition coefficient (Wildman–Crippen LogP) is 1.52. The zero-order valence-corrected chi connectivity index (χ0v) is 14.2. The third-order valence-electron chi connectivity index (χ3n) is 4.40. The molecular formula is C16H24N2O4S. The molecule has 0 radical (unpaired) electrons. The maximum Gasteiger partial charge on any atom is 0.240 e. The number of piperidine rings is 1. The van der Waals surface area contributed by atoms with Gasteiger partial charge in [-0.1, -0.05) is 6.92 Å². The van der Waals surface area contributed by atoms with Crippen LogP contribution in [0.3, 0.4) is 0 Å². The van der Waals surface area contributed by atoms with Crippen molar-refractivity contribution in [2.75, 3.05) is 32.8 Å². The number of ether oxygens (including phenoxy) is 2. The Balaban J connectivity index is 1.73. The molecule has 7 heteroatoms. The Kier molecular flexibility index (Phi) is 4.79. The third kappa shape index (κ3) is 3.97. The summed E-state index contributed by atoms with van der Waals surface area (Å²) in [6.45, 7) is 5.49. The molecule has 1 fully saturated rings. The van der Waals surface area contributed by atoms with E-state index in [9.17, 15) is 8.42 Å². The van der Waals surface area contributed by atoms with Crippen LogP contribution in [-0.2, 0) is 10.0 Å². The number of nitrogens with one attached hydrogen (secondary N) is 2. The van der Waals surface area contributed by atoms with Crippen LogP contribution in [0.5, 0.6) is 11.5 Å². The molecule has 0 spiro atoms. The molecular weight excluding hydrogens is 316 g/mol. The van der Waals surface area contributed by atoms with Gasteiger partial charge in [-0.2, -0.15) is 0 Å². The summed E-state index contributed by atoms with van der Waals surface area (Å²) >= 11 is 0. The smallest absolute Gasteiger partial charge is 0.240 e. The molecule has 2 heterocycles. The largest absolute Gasteiger partial charge is 0.490 e. The van der Waals surface area contributed by atoms with Crippen molar-refractivity contribution >= 4 is 10.0 Å². The number of hydrogen-bond donors (Lipinski definition) is 2. The van der Waals surface area contributed by atoms with Crippen LogP contribution in [0.1, 0.15) is 26.2 Å². The van der Waals surface area contributed by atoms with Crippen molar-refractivity contribution in [3.63, 3.8) is 0 Å². The molecule has 23 heavy (non-hydrogen) atoms. The van der Waals surface area contributed by atoms with E-state index in [0.717, 1.165) is 32.4 Å². The summed E-state index contributed by atoms with van der Waals surface area (Å²) in [5.74, 6) is 1.10. The Labute approximate surface area is 137 Å². The van der Waals surface area contributed by atoms with Gasteiger partial charge in [0.1, 0.15) is 0 Å². The highest BCUT2D eigenvalue weighted by atomic mass is 32.2. The first-order chi connectivity index (χ1) is 11.0. The maximum atomic E-state index is 12.6. The van der Waals surface area contributed by atoms with Crippen molar-refractivity contribution in [3.8, 4) is 11.5 Å². The summed E-state index contributed by atoms with van der Waals surface area (Å²) in [5, 5.41) is 3.33. The fraction of sp³-hybridized carbons (Fsp3) is 0.625. The van der Waals surface area contributed by atoms with Gasteiger partial charge in [0.05, 0.1) is 18.1 Å². The maximum absolute atomic E-state index is 12.6. The first-order valence-electron chi connectivity index (χ1n) is 8.09. The second kappa shape index (κ2) is 6.67. The molecule has 6 nitrogen and oxygen atoms in total. The van der Waals surface area contributed by atoms with Crippen LogP contribution in [0.4, 0.5) is 0 Å². The number of hydrogen-bond acceptors (Lipinski definition) is 5. The van der Waals surface area contributed by atoms with Gasteiger partial charge in [-0.25, -0.2) is 13.1 Å². The Bertz CT molecular complexity index is 654. The van der Waals surface area contributed by atoms with E-state index in [1.165, 1.54) is 0 Å². The molecule has 0 aliphatic carbocycles. The lowest BCUT2D eigenvalue weighted by Gasteiger charge is -2.34. The molecule has 1 saturated heterocycles. The molecule has 2 N–H and O–H groups in total. The normalized spacial score (nSPS) is 24.9. The number of rotatable bonds is 4. The molecule has 0 amide bonds. The quantitative estimate of drug-likeness (QED) is 0.869. The van der Waals surface area contributed by atoms with Crippen molar-refractivity contribution in [1.29, 1.82) is 0 Å². The van der Waals surface area contributed by atoms with Crippen molar-refractivity contribution < 1.29 is 17.9 Å². The molecule has 3 rings (SSSR count). The highest BCUT2D eigenvalue weighted by Gasteiger charge is 2.29.